The van der Waals surface area contributed by atoms with Gasteiger partial charge in [-0.1, -0.05) is 26.0 Å². The summed E-state index contributed by atoms with van der Waals surface area (Å²) in [4.78, 5) is 36.6. The third-order valence-electron chi connectivity index (χ3n) is 4.59. The van der Waals surface area contributed by atoms with Crippen molar-refractivity contribution in [2.45, 2.75) is 57.7 Å². The third kappa shape index (κ3) is 8.49. The van der Waals surface area contributed by atoms with Crippen LogP contribution in [0.5, 0.6) is 5.75 Å². The number of aliphatic carboxylic acids is 1. The molecule has 0 aliphatic rings. The van der Waals surface area contributed by atoms with E-state index in [-0.39, 0.29) is 18.1 Å². The van der Waals surface area contributed by atoms with Gasteiger partial charge >= 0.3 is 5.97 Å². The van der Waals surface area contributed by atoms with Gasteiger partial charge in [0.05, 0.1) is 6.04 Å². The lowest BCUT2D eigenvalue weighted by Crippen LogP contribution is -2.55. The second-order valence-corrected chi connectivity index (χ2v) is 7.39. The summed E-state index contributed by atoms with van der Waals surface area (Å²) in [6.45, 7) is 4.05. The van der Waals surface area contributed by atoms with Gasteiger partial charge in [-0.3, -0.25) is 9.59 Å². The first-order chi connectivity index (χ1) is 13.6. The fourth-order valence-corrected chi connectivity index (χ4v) is 2.67. The Bertz CT molecular complexity index is 678. The number of hydrogen-bond donors (Lipinski definition) is 6. The summed E-state index contributed by atoms with van der Waals surface area (Å²) in [5.74, 6) is -2.29. The number of nitrogens with one attached hydrogen (secondary N) is 2. The molecule has 1 aromatic rings. The van der Waals surface area contributed by atoms with E-state index in [0.29, 0.717) is 31.4 Å². The van der Waals surface area contributed by atoms with Crippen molar-refractivity contribution >= 4 is 17.8 Å². The molecule has 3 atom stereocenters. The summed E-state index contributed by atoms with van der Waals surface area (Å²) in [6.07, 6.45) is 1.63. The molecule has 0 heterocycles. The largest absolute Gasteiger partial charge is 0.508 e. The number of unbranched alkanes of at least 4 members (excludes halogenated alkanes) is 1. The van der Waals surface area contributed by atoms with Gasteiger partial charge in [0.25, 0.3) is 0 Å². The van der Waals surface area contributed by atoms with E-state index in [1.807, 2.05) is 0 Å². The summed E-state index contributed by atoms with van der Waals surface area (Å²) in [5.41, 5.74) is 12.0. The molecule has 0 saturated carbocycles. The lowest BCUT2D eigenvalue weighted by atomic mass is 10.0. The van der Waals surface area contributed by atoms with Gasteiger partial charge in [0.1, 0.15) is 17.8 Å². The van der Waals surface area contributed by atoms with E-state index in [1.54, 1.807) is 26.0 Å². The Morgan fingerprint density at radius 3 is 2.10 bits per heavy atom. The van der Waals surface area contributed by atoms with Crippen molar-refractivity contribution in [3.05, 3.63) is 29.8 Å². The third-order valence-corrected chi connectivity index (χ3v) is 4.59. The molecule has 9 nitrogen and oxygen atoms in total. The highest BCUT2D eigenvalue weighted by Crippen LogP contribution is 2.12. The molecule has 0 aliphatic carbocycles. The van der Waals surface area contributed by atoms with Gasteiger partial charge in [-0.05, 0) is 49.4 Å². The lowest BCUT2D eigenvalue weighted by Gasteiger charge is -2.24. The van der Waals surface area contributed by atoms with Gasteiger partial charge < -0.3 is 32.3 Å². The molecule has 8 N–H and O–H groups in total. The number of phenolic OH excluding ortho intramolecular Hbond substituents is 1. The van der Waals surface area contributed by atoms with Gasteiger partial charge in [-0.15, -0.1) is 0 Å². The monoisotopic (exact) mass is 408 g/mol. The van der Waals surface area contributed by atoms with Crippen LogP contribution in [-0.4, -0.2) is 52.7 Å². The molecule has 2 amide bonds. The zero-order chi connectivity index (χ0) is 22.0. The highest BCUT2D eigenvalue weighted by molar-refractivity contribution is 5.91. The molecule has 0 spiro atoms. The van der Waals surface area contributed by atoms with Crippen LogP contribution in [0.4, 0.5) is 0 Å². The van der Waals surface area contributed by atoms with Crippen molar-refractivity contribution in [2.24, 2.45) is 17.4 Å². The van der Waals surface area contributed by atoms with Crippen LogP contribution in [0.3, 0.4) is 0 Å². The first kappa shape index (κ1) is 24.4. The predicted molar refractivity (Wildman–Crippen MR) is 109 cm³/mol. The van der Waals surface area contributed by atoms with Gasteiger partial charge in [0.2, 0.25) is 11.8 Å². The smallest absolute Gasteiger partial charge is 0.326 e. The number of hydrogen-bond acceptors (Lipinski definition) is 6. The number of carbonyl (C=O) groups excluding carboxylic acids is 2. The molecule has 0 bridgehead atoms. The summed E-state index contributed by atoms with van der Waals surface area (Å²) < 4.78 is 0. The maximum absolute atomic E-state index is 12.7. The highest BCUT2D eigenvalue weighted by Gasteiger charge is 2.28. The van der Waals surface area contributed by atoms with Crippen LogP contribution in [0.2, 0.25) is 0 Å². The number of phenols is 1. The van der Waals surface area contributed by atoms with Crippen molar-refractivity contribution in [3.63, 3.8) is 0 Å². The fourth-order valence-electron chi connectivity index (χ4n) is 2.67. The molecule has 0 fully saturated rings. The Kier molecular flexibility index (Phi) is 10.1. The molecule has 0 aliphatic heterocycles. The normalized spacial score (nSPS) is 14.1. The van der Waals surface area contributed by atoms with Crippen molar-refractivity contribution in [3.8, 4) is 5.75 Å². The Labute approximate surface area is 170 Å². The van der Waals surface area contributed by atoms with E-state index in [0.717, 1.165) is 0 Å². The van der Waals surface area contributed by atoms with Gasteiger partial charge in [-0.2, -0.15) is 0 Å². The van der Waals surface area contributed by atoms with E-state index in [9.17, 15) is 24.6 Å². The minimum Gasteiger partial charge on any atom is -0.508 e. The first-order valence-corrected chi connectivity index (χ1v) is 9.72. The lowest BCUT2D eigenvalue weighted by molar-refractivity contribution is -0.142. The van der Waals surface area contributed by atoms with Crippen LogP contribution in [0.1, 0.15) is 38.7 Å². The first-order valence-electron chi connectivity index (χ1n) is 9.72. The molecule has 29 heavy (non-hydrogen) atoms. The number of carboxylic acid groups (broad SMARTS) is 1. The topological polar surface area (TPSA) is 168 Å². The molecule has 0 unspecified atom stereocenters. The van der Waals surface area contributed by atoms with Crippen LogP contribution in [0.25, 0.3) is 0 Å². The molecule has 0 aromatic heterocycles. The number of benzene rings is 1. The van der Waals surface area contributed by atoms with Crippen LogP contribution in [-0.2, 0) is 20.8 Å². The Morgan fingerprint density at radius 2 is 1.59 bits per heavy atom. The van der Waals surface area contributed by atoms with Crippen LogP contribution < -0.4 is 22.1 Å². The average Bonchev–Trinajstić information content (AvgIpc) is 2.67. The second kappa shape index (κ2) is 12.0. The average molecular weight is 408 g/mol. The fraction of sp³-hybridized carbons (Fsp3) is 0.550. The molecular formula is C20H32N4O5. The quantitative estimate of drug-likeness (QED) is 0.267. The highest BCUT2D eigenvalue weighted by atomic mass is 16.4. The Balaban J connectivity index is 2.86. The molecule has 0 radical (unpaired) electrons. The van der Waals surface area contributed by atoms with Crippen molar-refractivity contribution < 1.29 is 24.6 Å². The zero-order valence-corrected chi connectivity index (χ0v) is 16.9. The molecule has 1 rings (SSSR count). The van der Waals surface area contributed by atoms with E-state index in [2.05, 4.69) is 10.6 Å². The molecular weight excluding hydrogens is 376 g/mol. The van der Waals surface area contributed by atoms with E-state index in [1.165, 1.54) is 12.1 Å². The minimum absolute atomic E-state index is 0.0380. The predicted octanol–water partition coefficient (Wildman–Crippen LogP) is 0.101. The van der Waals surface area contributed by atoms with Crippen LogP contribution in [0, 0.1) is 5.92 Å². The molecule has 9 heteroatoms. The number of amides is 2. The zero-order valence-electron chi connectivity index (χ0n) is 16.9. The van der Waals surface area contributed by atoms with Crippen molar-refractivity contribution in [1.29, 1.82) is 0 Å². The van der Waals surface area contributed by atoms with Crippen LogP contribution in [0.15, 0.2) is 24.3 Å². The number of aromatic hydroxyl groups is 1. The van der Waals surface area contributed by atoms with Crippen molar-refractivity contribution in [1.82, 2.24) is 10.6 Å². The standard InChI is InChI=1S/C20H32N4O5/c1-12(2)17(22)19(27)23-15(5-3-4-10-21)18(26)24-16(20(28)29)11-13-6-8-14(25)9-7-13/h6-9,12,15-17,25H,3-5,10-11,21-22H2,1-2H3,(H,23,27)(H,24,26)(H,28,29)/t15-,16-,17-/m0/s1. The maximum Gasteiger partial charge on any atom is 0.326 e. The van der Waals surface area contributed by atoms with Crippen molar-refractivity contribution in [2.75, 3.05) is 6.54 Å². The number of carbonyl (C=O) groups is 3. The second-order valence-electron chi connectivity index (χ2n) is 7.39. The maximum atomic E-state index is 12.7. The van der Waals surface area contributed by atoms with Crippen LogP contribution >= 0.6 is 0 Å². The SMILES string of the molecule is CC(C)[C@H](N)C(=O)N[C@@H](CCCCN)C(=O)N[C@@H](Cc1ccc(O)cc1)C(=O)O. The molecule has 162 valence electrons. The summed E-state index contributed by atoms with van der Waals surface area (Å²) in [5, 5.41) is 24.0. The van der Waals surface area contributed by atoms with E-state index in [4.69, 9.17) is 11.5 Å². The number of nitrogens with two attached hydrogens (primary N) is 2. The number of carboxylic acids is 1. The Hall–Kier alpha value is -2.65. The van der Waals surface area contributed by atoms with Gasteiger partial charge in [0, 0.05) is 6.42 Å². The summed E-state index contributed by atoms with van der Waals surface area (Å²) in [6, 6.07) is 3.20. The van der Waals surface area contributed by atoms with E-state index >= 15 is 0 Å². The number of rotatable bonds is 12. The van der Waals surface area contributed by atoms with Gasteiger partial charge in [-0.25, -0.2) is 4.79 Å². The summed E-state index contributed by atoms with van der Waals surface area (Å²) >= 11 is 0. The minimum atomic E-state index is -1.20. The summed E-state index contributed by atoms with van der Waals surface area (Å²) in [7, 11) is 0. The Morgan fingerprint density at radius 1 is 1.00 bits per heavy atom. The molecule has 1 aromatic carbocycles. The molecule has 0 saturated heterocycles. The van der Waals surface area contributed by atoms with E-state index < -0.39 is 35.9 Å². The van der Waals surface area contributed by atoms with Gasteiger partial charge in [0.15, 0.2) is 0 Å².